The third-order valence-corrected chi connectivity index (χ3v) is 3.95. The van der Waals surface area contributed by atoms with Crippen LogP contribution in [0.2, 0.25) is 0 Å². The second-order valence-corrected chi connectivity index (χ2v) is 5.85. The van der Waals surface area contributed by atoms with Gasteiger partial charge in [-0.15, -0.1) is 0 Å². The molecule has 3 rings (SSSR count). The van der Waals surface area contributed by atoms with Crippen molar-refractivity contribution in [3.8, 4) is 0 Å². The predicted molar refractivity (Wildman–Crippen MR) is 95.8 cm³/mol. The highest BCUT2D eigenvalue weighted by Crippen LogP contribution is 2.28. The third kappa shape index (κ3) is 3.44. The average molecular weight is 341 g/mol. The van der Waals surface area contributed by atoms with Crippen LogP contribution in [0.25, 0.3) is 0 Å². The predicted octanol–water partition coefficient (Wildman–Crippen LogP) is 3.26. The fraction of sp³-hybridized carbons (Fsp3) is 0.111. The molecule has 0 radical (unpaired) electrons. The standard InChI is InChI=1S/C18H16FN3OS/c1-11-15(17(23)21-14-8-3-2-4-9-14)16(22-18(24)20-11)12-6-5-7-13(19)10-12/h2-10,16H,1H3,(H,21,23)(H2,20,22,24). The molecule has 122 valence electrons. The number of benzene rings is 2. The van der Waals surface area contributed by atoms with Gasteiger partial charge in [0, 0.05) is 11.4 Å². The molecule has 0 saturated carbocycles. The van der Waals surface area contributed by atoms with Gasteiger partial charge in [-0.3, -0.25) is 4.79 Å². The lowest BCUT2D eigenvalue weighted by molar-refractivity contribution is -0.113. The Bertz CT molecular complexity index is 820. The maximum Gasteiger partial charge on any atom is 0.255 e. The Kier molecular flexibility index (Phi) is 4.57. The molecule has 1 heterocycles. The summed E-state index contributed by atoms with van der Waals surface area (Å²) in [4.78, 5) is 12.8. The summed E-state index contributed by atoms with van der Waals surface area (Å²) in [5.41, 5.74) is 2.44. The van der Waals surface area contributed by atoms with Crippen molar-refractivity contribution in [2.45, 2.75) is 13.0 Å². The molecular weight excluding hydrogens is 325 g/mol. The maximum atomic E-state index is 13.6. The molecule has 24 heavy (non-hydrogen) atoms. The van der Waals surface area contributed by atoms with Crippen LogP contribution in [0.3, 0.4) is 0 Å². The number of anilines is 1. The molecule has 1 aliphatic heterocycles. The minimum absolute atomic E-state index is 0.268. The minimum atomic E-state index is -0.516. The van der Waals surface area contributed by atoms with Crippen molar-refractivity contribution in [1.82, 2.24) is 10.6 Å². The van der Waals surface area contributed by atoms with Crippen LogP contribution in [0.5, 0.6) is 0 Å². The Morgan fingerprint density at radius 2 is 1.92 bits per heavy atom. The Morgan fingerprint density at radius 3 is 2.62 bits per heavy atom. The number of para-hydroxylation sites is 1. The zero-order valence-corrected chi connectivity index (χ0v) is 13.8. The van der Waals surface area contributed by atoms with Crippen molar-refractivity contribution >= 4 is 28.9 Å². The van der Waals surface area contributed by atoms with E-state index in [1.165, 1.54) is 12.1 Å². The number of halogens is 1. The Morgan fingerprint density at radius 1 is 1.17 bits per heavy atom. The molecule has 1 amide bonds. The van der Waals surface area contributed by atoms with Crippen molar-refractivity contribution in [3.05, 3.63) is 77.2 Å². The molecule has 3 N–H and O–H groups in total. The third-order valence-electron chi connectivity index (χ3n) is 3.73. The van der Waals surface area contributed by atoms with Crippen LogP contribution in [0.4, 0.5) is 10.1 Å². The fourth-order valence-electron chi connectivity index (χ4n) is 2.65. The van der Waals surface area contributed by atoms with Crippen LogP contribution in [0.1, 0.15) is 18.5 Å². The summed E-state index contributed by atoms with van der Waals surface area (Å²) in [6, 6.07) is 14.8. The summed E-state index contributed by atoms with van der Waals surface area (Å²) < 4.78 is 13.6. The lowest BCUT2D eigenvalue weighted by atomic mass is 9.95. The Labute approximate surface area is 144 Å². The average Bonchev–Trinajstić information content (AvgIpc) is 2.55. The SMILES string of the molecule is CC1=C(C(=O)Nc2ccccc2)C(c2cccc(F)c2)NC(=S)N1. The van der Waals surface area contributed by atoms with Crippen molar-refractivity contribution in [1.29, 1.82) is 0 Å². The number of allylic oxidation sites excluding steroid dienone is 1. The van der Waals surface area contributed by atoms with Gasteiger partial charge < -0.3 is 16.0 Å². The molecule has 6 heteroatoms. The zero-order valence-electron chi connectivity index (χ0n) is 13.0. The highest BCUT2D eigenvalue weighted by molar-refractivity contribution is 7.80. The Hall–Kier alpha value is -2.73. The summed E-state index contributed by atoms with van der Waals surface area (Å²) in [5.74, 6) is -0.630. The molecule has 1 aliphatic rings. The number of rotatable bonds is 3. The summed E-state index contributed by atoms with van der Waals surface area (Å²) in [6.07, 6.45) is 0. The minimum Gasteiger partial charge on any atom is -0.351 e. The van der Waals surface area contributed by atoms with Crippen molar-refractivity contribution in [3.63, 3.8) is 0 Å². The summed E-state index contributed by atoms with van der Waals surface area (Å²) in [6.45, 7) is 1.78. The van der Waals surface area contributed by atoms with Crippen LogP contribution in [-0.4, -0.2) is 11.0 Å². The van der Waals surface area contributed by atoms with E-state index in [0.29, 0.717) is 27.6 Å². The molecule has 4 nitrogen and oxygen atoms in total. The zero-order chi connectivity index (χ0) is 17.1. The molecule has 0 aliphatic carbocycles. The molecule has 0 spiro atoms. The van der Waals surface area contributed by atoms with Gasteiger partial charge in [-0.2, -0.15) is 0 Å². The molecular formula is C18H16FN3OS. The van der Waals surface area contributed by atoms with E-state index in [1.54, 1.807) is 31.2 Å². The van der Waals surface area contributed by atoms with Crippen LogP contribution in [-0.2, 0) is 4.79 Å². The van der Waals surface area contributed by atoms with E-state index in [4.69, 9.17) is 12.2 Å². The number of carbonyl (C=O) groups excluding carboxylic acids is 1. The molecule has 1 atom stereocenters. The first-order valence-corrected chi connectivity index (χ1v) is 7.85. The Balaban J connectivity index is 1.96. The molecule has 0 saturated heterocycles. The first kappa shape index (κ1) is 16.1. The second-order valence-electron chi connectivity index (χ2n) is 5.45. The van der Waals surface area contributed by atoms with Gasteiger partial charge >= 0.3 is 0 Å². The number of thiocarbonyl (C=S) groups is 1. The summed E-state index contributed by atoms with van der Waals surface area (Å²) >= 11 is 5.18. The van der Waals surface area contributed by atoms with Gasteiger partial charge in [-0.1, -0.05) is 30.3 Å². The first-order valence-electron chi connectivity index (χ1n) is 7.45. The van der Waals surface area contributed by atoms with Crippen molar-refractivity contribution in [2.75, 3.05) is 5.32 Å². The molecule has 0 aromatic heterocycles. The van der Waals surface area contributed by atoms with E-state index in [2.05, 4.69) is 16.0 Å². The van der Waals surface area contributed by atoms with Crippen LogP contribution >= 0.6 is 12.2 Å². The smallest absolute Gasteiger partial charge is 0.255 e. The quantitative estimate of drug-likeness (QED) is 0.750. The number of carbonyl (C=O) groups is 1. The lowest BCUT2D eigenvalue weighted by Gasteiger charge is -2.30. The van der Waals surface area contributed by atoms with Crippen LogP contribution in [0, 0.1) is 5.82 Å². The maximum absolute atomic E-state index is 13.6. The summed E-state index contributed by atoms with van der Waals surface area (Å²) in [7, 11) is 0. The van der Waals surface area contributed by atoms with E-state index in [-0.39, 0.29) is 11.7 Å². The molecule has 0 fully saturated rings. The van der Waals surface area contributed by atoms with Crippen LogP contribution < -0.4 is 16.0 Å². The number of hydrogen-bond donors (Lipinski definition) is 3. The topological polar surface area (TPSA) is 53.2 Å². The van der Waals surface area contributed by atoms with Crippen molar-refractivity contribution < 1.29 is 9.18 Å². The first-order chi connectivity index (χ1) is 11.5. The number of amides is 1. The van der Waals surface area contributed by atoms with E-state index in [9.17, 15) is 9.18 Å². The van der Waals surface area contributed by atoms with Gasteiger partial charge in [0.2, 0.25) is 0 Å². The molecule has 2 aromatic carbocycles. The van der Waals surface area contributed by atoms with Gasteiger partial charge in [-0.25, -0.2) is 4.39 Å². The normalized spacial score (nSPS) is 17.1. The molecule has 1 unspecified atom stereocenters. The number of nitrogens with one attached hydrogen (secondary N) is 3. The fourth-order valence-corrected chi connectivity index (χ4v) is 2.92. The van der Waals surface area contributed by atoms with Gasteiger partial charge in [-0.05, 0) is 49.0 Å². The van der Waals surface area contributed by atoms with Crippen molar-refractivity contribution in [2.24, 2.45) is 0 Å². The van der Waals surface area contributed by atoms with Gasteiger partial charge in [0.05, 0.1) is 11.6 Å². The number of hydrogen-bond acceptors (Lipinski definition) is 2. The van der Waals surface area contributed by atoms with E-state index >= 15 is 0 Å². The molecule has 2 aromatic rings. The van der Waals surface area contributed by atoms with Crippen LogP contribution in [0.15, 0.2) is 65.9 Å². The van der Waals surface area contributed by atoms with Gasteiger partial charge in [0.15, 0.2) is 5.11 Å². The lowest BCUT2D eigenvalue weighted by Crippen LogP contribution is -2.45. The summed E-state index contributed by atoms with van der Waals surface area (Å²) in [5, 5.41) is 9.26. The van der Waals surface area contributed by atoms with Gasteiger partial charge in [0.25, 0.3) is 5.91 Å². The van der Waals surface area contributed by atoms with E-state index in [1.807, 2.05) is 18.2 Å². The largest absolute Gasteiger partial charge is 0.351 e. The monoisotopic (exact) mass is 341 g/mol. The van der Waals surface area contributed by atoms with E-state index in [0.717, 1.165) is 0 Å². The van der Waals surface area contributed by atoms with E-state index < -0.39 is 6.04 Å². The highest BCUT2D eigenvalue weighted by Gasteiger charge is 2.30. The molecule has 0 bridgehead atoms. The second kappa shape index (κ2) is 6.80. The van der Waals surface area contributed by atoms with Gasteiger partial charge in [0.1, 0.15) is 5.82 Å². The highest BCUT2D eigenvalue weighted by atomic mass is 32.1.